The zero-order valence-electron chi connectivity index (χ0n) is 15.5. The minimum atomic E-state index is -0.357. The van der Waals surface area contributed by atoms with Crippen LogP contribution in [0.5, 0.6) is 5.75 Å². The molecule has 0 heterocycles. The third-order valence-corrected chi connectivity index (χ3v) is 4.31. The molecule has 0 aliphatic carbocycles. The van der Waals surface area contributed by atoms with E-state index in [-0.39, 0.29) is 11.6 Å². The van der Waals surface area contributed by atoms with Gasteiger partial charge in [0, 0.05) is 12.0 Å². The Bertz CT molecular complexity index is 953. The van der Waals surface area contributed by atoms with Crippen LogP contribution in [0.2, 0.25) is 0 Å². The van der Waals surface area contributed by atoms with Gasteiger partial charge in [0.1, 0.15) is 11.6 Å². The van der Waals surface area contributed by atoms with Crippen LogP contribution in [0.1, 0.15) is 27.0 Å². The molecule has 0 aliphatic heterocycles. The van der Waals surface area contributed by atoms with Crippen molar-refractivity contribution in [3.05, 3.63) is 114 Å². The molecule has 3 heteroatoms. The third kappa shape index (κ3) is 5.52. The van der Waals surface area contributed by atoms with Gasteiger partial charge in [0.15, 0.2) is 5.78 Å². The number of allylic oxidation sites excluding steroid dienone is 1. The molecule has 0 aliphatic rings. The number of ketones is 1. The smallest absolute Gasteiger partial charge is 0.185 e. The lowest BCUT2D eigenvalue weighted by molar-refractivity contribution is 0.104. The van der Waals surface area contributed by atoms with E-state index in [9.17, 15) is 9.18 Å². The molecule has 0 bridgehead atoms. The molecule has 0 N–H and O–H groups in total. The molecule has 0 spiro atoms. The van der Waals surface area contributed by atoms with Crippen LogP contribution in [-0.4, -0.2) is 12.4 Å². The summed E-state index contributed by atoms with van der Waals surface area (Å²) in [4.78, 5) is 12.1. The van der Waals surface area contributed by atoms with E-state index >= 15 is 0 Å². The van der Waals surface area contributed by atoms with E-state index in [1.807, 2.05) is 42.5 Å². The number of carbonyl (C=O) groups is 1. The van der Waals surface area contributed by atoms with Crippen LogP contribution in [0.25, 0.3) is 12.2 Å². The molecule has 28 heavy (non-hydrogen) atoms. The first-order chi connectivity index (χ1) is 13.6. The van der Waals surface area contributed by atoms with Gasteiger partial charge >= 0.3 is 0 Å². The van der Waals surface area contributed by atoms with Gasteiger partial charge in [0.25, 0.3) is 0 Å². The van der Waals surface area contributed by atoms with E-state index in [0.717, 1.165) is 23.3 Å². The maximum Gasteiger partial charge on any atom is 0.185 e. The van der Waals surface area contributed by atoms with E-state index in [2.05, 4.69) is 18.7 Å². The fourth-order valence-corrected chi connectivity index (χ4v) is 2.66. The molecule has 3 aromatic rings. The monoisotopic (exact) mass is 372 g/mol. The Morgan fingerprint density at radius 2 is 1.54 bits per heavy atom. The highest BCUT2D eigenvalue weighted by molar-refractivity contribution is 6.06. The molecule has 0 fully saturated rings. The molecule has 0 aromatic heterocycles. The fourth-order valence-electron chi connectivity index (χ4n) is 2.66. The molecule has 0 atom stereocenters. The minimum Gasteiger partial charge on any atom is -0.493 e. The van der Waals surface area contributed by atoms with E-state index in [4.69, 9.17) is 4.74 Å². The maximum atomic E-state index is 12.9. The van der Waals surface area contributed by atoms with Crippen molar-refractivity contribution in [2.24, 2.45) is 0 Å². The van der Waals surface area contributed by atoms with Gasteiger partial charge in [-0.05, 0) is 59.2 Å². The van der Waals surface area contributed by atoms with Gasteiger partial charge in [-0.1, -0.05) is 55.1 Å². The van der Waals surface area contributed by atoms with Crippen LogP contribution >= 0.6 is 0 Å². The average molecular weight is 372 g/mol. The van der Waals surface area contributed by atoms with Crippen molar-refractivity contribution >= 4 is 17.9 Å². The summed E-state index contributed by atoms with van der Waals surface area (Å²) in [6, 6.07) is 21.3. The minimum absolute atomic E-state index is 0.164. The van der Waals surface area contributed by atoms with Crippen molar-refractivity contribution in [2.45, 2.75) is 6.42 Å². The van der Waals surface area contributed by atoms with Crippen molar-refractivity contribution in [1.82, 2.24) is 0 Å². The quantitative estimate of drug-likeness (QED) is 0.359. The van der Waals surface area contributed by atoms with Gasteiger partial charge in [0.05, 0.1) is 6.61 Å². The topological polar surface area (TPSA) is 26.3 Å². The molecule has 3 aromatic carbocycles. The summed E-state index contributed by atoms with van der Waals surface area (Å²) in [7, 11) is 0. The Balaban J connectivity index is 1.50. The summed E-state index contributed by atoms with van der Waals surface area (Å²) < 4.78 is 18.7. The van der Waals surface area contributed by atoms with Crippen molar-refractivity contribution in [1.29, 1.82) is 0 Å². The molecular weight excluding hydrogens is 351 g/mol. The predicted molar refractivity (Wildman–Crippen MR) is 112 cm³/mol. The Morgan fingerprint density at radius 3 is 2.18 bits per heavy atom. The largest absolute Gasteiger partial charge is 0.493 e. The van der Waals surface area contributed by atoms with E-state index < -0.39 is 0 Å². The first-order valence-electron chi connectivity index (χ1n) is 9.06. The van der Waals surface area contributed by atoms with Crippen LogP contribution in [0.3, 0.4) is 0 Å². The Kier molecular flexibility index (Phi) is 6.53. The zero-order chi connectivity index (χ0) is 19.8. The Labute approximate surface area is 164 Å². The molecule has 0 saturated carbocycles. The fraction of sp³-hybridized carbons (Fsp3) is 0.0800. The molecule has 140 valence electrons. The van der Waals surface area contributed by atoms with Gasteiger partial charge in [-0.3, -0.25) is 4.79 Å². The van der Waals surface area contributed by atoms with Gasteiger partial charge in [0.2, 0.25) is 0 Å². The predicted octanol–water partition coefficient (Wildman–Crippen LogP) is 5.99. The van der Waals surface area contributed by atoms with Crippen molar-refractivity contribution in [3.63, 3.8) is 0 Å². The number of benzene rings is 3. The van der Waals surface area contributed by atoms with E-state index in [1.165, 1.54) is 35.9 Å². The highest BCUT2D eigenvalue weighted by Crippen LogP contribution is 2.15. The van der Waals surface area contributed by atoms with E-state index in [1.54, 1.807) is 6.08 Å². The second-order valence-corrected chi connectivity index (χ2v) is 6.32. The van der Waals surface area contributed by atoms with Crippen LogP contribution in [0.15, 0.2) is 85.5 Å². The van der Waals surface area contributed by atoms with E-state index in [0.29, 0.717) is 12.2 Å². The number of ether oxygens (including phenoxy) is 1. The first-order valence-corrected chi connectivity index (χ1v) is 9.06. The van der Waals surface area contributed by atoms with Crippen LogP contribution < -0.4 is 4.74 Å². The zero-order valence-corrected chi connectivity index (χ0v) is 15.5. The summed E-state index contributed by atoms with van der Waals surface area (Å²) >= 11 is 0. The molecule has 0 unspecified atom stereocenters. The van der Waals surface area contributed by atoms with Crippen molar-refractivity contribution in [3.8, 4) is 5.75 Å². The normalized spacial score (nSPS) is 10.8. The molecule has 0 saturated heterocycles. The number of carbonyl (C=O) groups excluding carboxylic acids is 1. The van der Waals surface area contributed by atoms with Crippen molar-refractivity contribution < 1.29 is 13.9 Å². The third-order valence-electron chi connectivity index (χ3n) is 4.31. The lowest BCUT2D eigenvalue weighted by Crippen LogP contribution is -2.01. The number of rotatable bonds is 8. The van der Waals surface area contributed by atoms with Gasteiger partial charge in [-0.15, -0.1) is 0 Å². The first kappa shape index (κ1) is 19.3. The second kappa shape index (κ2) is 9.47. The Hall–Kier alpha value is -3.46. The number of hydrogen-bond donors (Lipinski definition) is 0. The van der Waals surface area contributed by atoms with Crippen LogP contribution in [0.4, 0.5) is 4.39 Å². The highest BCUT2D eigenvalue weighted by atomic mass is 19.1. The molecule has 0 amide bonds. The summed E-state index contributed by atoms with van der Waals surface area (Å²) in [5.74, 6) is 0.261. The summed E-state index contributed by atoms with van der Waals surface area (Å²) in [5.41, 5.74) is 3.66. The van der Waals surface area contributed by atoms with Gasteiger partial charge in [-0.25, -0.2) is 4.39 Å². The summed E-state index contributed by atoms with van der Waals surface area (Å²) in [6.45, 7) is 4.34. The molecule has 3 rings (SSSR count). The summed E-state index contributed by atoms with van der Waals surface area (Å²) in [6.07, 6.45) is 5.86. The van der Waals surface area contributed by atoms with Crippen LogP contribution in [0, 0.1) is 5.82 Å². The average Bonchev–Trinajstić information content (AvgIpc) is 2.74. The lowest BCUT2D eigenvalue weighted by Gasteiger charge is -2.07. The van der Waals surface area contributed by atoms with Gasteiger partial charge in [-0.2, -0.15) is 0 Å². The summed E-state index contributed by atoms with van der Waals surface area (Å²) in [5, 5.41) is 0. The molecular formula is C25H21FO2. The van der Waals surface area contributed by atoms with Crippen molar-refractivity contribution in [2.75, 3.05) is 6.61 Å². The molecule has 2 nitrogen and oxygen atoms in total. The highest BCUT2D eigenvalue weighted by Gasteiger charge is 2.02. The molecule has 0 radical (unpaired) electrons. The SMILES string of the molecule is C=Cc1ccc(CCOc2ccc(/C=C/C(=O)c3ccc(F)cc3)cc2)cc1. The maximum absolute atomic E-state index is 12.9. The van der Waals surface area contributed by atoms with Gasteiger partial charge < -0.3 is 4.74 Å². The number of hydrogen-bond acceptors (Lipinski definition) is 2. The standard InChI is InChI=1S/C25H21FO2/c1-2-19-3-5-21(6-4-19)17-18-28-24-14-7-20(8-15-24)9-16-25(27)22-10-12-23(26)13-11-22/h2-16H,1,17-18H2/b16-9+. The second-order valence-electron chi connectivity index (χ2n) is 6.32. The number of halogens is 1. The Morgan fingerprint density at radius 1 is 0.893 bits per heavy atom. The lowest BCUT2D eigenvalue weighted by atomic mass is 10.1. The van der Waals surface area contributed by atoms with Crippen LogP contribution in [-0.2, 0) is 6.42 Å².